The number of sulfonamides is 1. The molecule has 3 aromatic rings. The number of ether oxygens (including phenoxy) is 4. The monoisotopic (exact) mass is 668 g/mol. The number of aromatic hydroxyl groups is 1. The van der Waals surface area contributed by atoms with Crippen LogP contribution in [0.25, 0.3) is 0 Å². The minimum atomic E-state index is -4.06. The Labute approximate surface area is 276 Å². The SMILES string of the molecule is Cc1cc(S(=O)(=O)N(CC(C)C)C[C@@H](O)[C@H](Cc2ccc(OCc3ccccc3)cc2)NC(=O)O[C@H]2CO[C@H]3OCC[C@H]32)ccc1O. The van der Waals surface area contributed by atoms with Crippen LogP contribution in [0.1, 0.15) is 37.0 Å². The van der Waals surface area contributed by atoms with Gasteiger partial charge in [0.25, 0.3) is 0 Å². The van der Waals surface area contributed by atoms with E-state index < -0.39 is 40.7 Å². The standard InChI is InChI=1S/C35H44N2O9S/c1-23(2)19-37(47(41,42)28-13-14-31(38)24(3)17-28)20-32(39)30(36-35(40)46-33-22-45-34-29(33)15-16-43-34)18-25-9-11-27(12-10-25)44-21-26-7-5-4-6-8-26/h4-14,17,23,29-30,32-34,38-39H,15-16,18-22H2,1-3H3,(H,36,40)/t29-,30-,32+,33-,34+/m0/s1. The average Bonchev–Trinajstić information content (AvgIpc) is 3.67. The molecule has 0 aliphatic carbocycles. The molecule has 0 aromatic heterocycles. The number of amides is 1. The van der Waals surface area contributed by atoms with Gasteiger partial charge in [0.2, 0.25) is 10.0 Å². The Morgan fingerprint density at radius 2 is 1.77 bits per heavy atom. The quantitative estimate of drug-likeness (QED) is 0.228. The summed E-state index contributed by atoms with van der Waals surface area (Å²) in [4.78, 5) is 13.2. The number of aliphatic hydroxyl groups is 1. The Bertz CT molecular complexity index is 1580. The molecule has 2 heterocycles. The lowest BCUT2D eigenvalue weighted by Gasteiger charge is -2.31. The third kappa shape index (κ3) is 9.02. The minimum absolute atomic E-state index is 0.00484. The van der Waals surface area contributed by atoms with Crippen molar-refractivity contribution in [3.63, 3.8) is 0 Å². The zero-order chi connectivity index (χ0) is 33.6. The number of phenolic OH excluding ortho intramolecular Hbond substituents is 1. The highest BCUT2D eigenvalue weighted by molar-refractivity contribution is 7.89. The molecule has 3 aromatic carbocycles. The highest BCUT2D eigenvalue weighted by Crippen LogP contribution is 2.33. The van der Waals surface area contributed by atoms with E-state index in [2.05, 4.69) is 5.32 Å². The van der Waals surface area contributed by atoms with Crippen molar-refractivity contribution in [3.05, 3.63) is 89.5 Å². The van der Waals surface area contributed by atoms with Gasteiger partial charge in [-0.25, -0.2) is 13.2 Å². The normalized spacial score (nSPS) is 20.6. The largest absolute Gasteiger partial charge is 0.508 e. The first kappa shape index (κ1) is 34.6. The molecule has 0 unspecified atom stereocenters. The molecule has 5 rings (SSSR count). The third-order valence-electron chi connectivity index (χ3n) is 8.40. The van der Waals surface area contributed by atoms with Crippen LogP contribution in [0.4, 0.5) is 4.79 Å². The number of fused-ring (bicyclic) bond motifs is 1. The van der Waals surface area contributed by atoms with Crippen LogP contribution in [0.3, 0.4) is 0 Å². The van der Waals surface area contributed by atoms with Crippen molar-refractivity contribution in [3.8, 4) is 11.5 Å². The summed E-state index contributed by atoms with van der Waals surface area (Å²) in [6.45, 7) is 6.39. The van der Waals surface area contributed by atoms with Crippen LogP contribution < -0.4 is 10.1 Å². The first-order valence-corrected chi connectivity index (χ1v) is 17.4. The summed E-state index contributed by atoms with van der Waals surface area (Å²) >= 11 is 0. The predicted molar refractivity (Wildman–Crippen MR) is 174 cm³/mol. The number of aliphatic hydroxyl groups excluding tert-OH is 1. The Balaban J connectivity index is 1.32. The van der Waals surface area contributed by atoms with Gasteiger partial charge in [0.15, 0.2) is 6.29 Å². The van der Waals surface area contributed by atoms with Crippen molar-refractivity contribution in [2.24, 2.45) is 11.8 Å². The van der Waals surface area contributed by atoms with Crippen LogP contribution in [0.15, 0.2) is 77.7 Å². The van der Waals surface area contributed by atoms with Crippen molar-refractivity contribution in [1.82, 2.24) is 9.62 Å². The van der Waals surface area contributed by atoms with Gasteiger partial charge < -0.3 is 34.5 Å². The zero-order valence-corrected chi connectivity index (χ0v) is 27.8. The Hall–Kier alpha value is -3.68. The first-order chi connectivity index (χ1) is 22.5. The lowest BCUT2D eigenvalue weighted by Crippen LogP contribution is -2.51. The summed E-state index contributed by atoms with van der Waals surface area (Å²) < 4.78 is 51.6. The van der Waals surface area contributed by atoms with Gasteiger partial charge in [-0.15, -0.1) is 0 Å². The van der Waals surface area contributed by atoms with Gasteiger partial charge in [-0.3, -0.25) is 0 Å². The van der Waals surface area contributed by atoms with Crippen molar-refractivity contribution in [2.45, 2.75) is 69.7 Å². The molecule has 0 spiro atoms. The number of benzene rings is 3. The Morgan fingerprint density at radius 3 is 2.47 bits per heavy atom. The molecule has 12 heteroatoms. The summed E-state index contributed by atoms with van der Waals surface area (Å²) in [5.74, 6) is 0.531. The van der Waals surface area contributed by atoms with Gasteiger partial charge in [0, 0.05) is 13.1 Å². The fourth-order valence-corrected chi connectivity index (χ4v) is 7.53. The highest BCUT2D eigenvalue weighted by Gasteiger charge is 2.44. The number of nitrogens with zero attached hydrogens (tertiary/aromatic N) is 1. The lowest BCUT2D eigenvalue weighted by atomic mass is 10.0. The maximum absolute atomic E-state index is 13.8. The summed E-state index contributed by atoms with van der Waals surface area (Å²) in [6, 6.07) is 20.3. The molecule has 0 saturated carbocycles. The molecule has 2 aliphatic rings. The molecule has 2 fully saturated rings. The van der Waals surface area contributed by atoms with Crippen LogP contribution in [0, 0.1) is 18.8 Å². The lowest BCUT2D eigenvalue weighted by molar-refractivity contribution is -0.0907. The maximum Gasteiger partial charge on any atom is 0.407 e. The van der Waals surface area contributed by atoms with Crippen LogP contribution in [-0.2, 0) is 37.3 Å². The van der Waals surface area contributed by atoms with E-state index in [1.807, 2.05) is 68.4 Å². The fraction of sp³-hybridized carbons (Fsp3) is 0.457. The number of carbonyl (C=O) groups is 1. The molecule has 2 saturated heterocycles. The van der Waals surface area contributed by atoms with Gasteiger partial charge in [0.1, 0.15) is 24.2 Å². The van der Waals surface area contributed by atoms with E-state index in [1.54, 1.807) is 6.92 Å². The molecule has 254 valence electrons. The molecule has 47 heavy (non-hydrogen) atoms. The van der Waals surface area contributed by atoms with Crippen LogP contribution in [0.5, 0.6) is 11.5 Å². The number of aryl methyl sites for hydroxylation is 1. The number of phenols is 1. The van der Waals surface area contributed by atoms with Gasteiger partial charge >= 0.3 is 6.09 Å². The summed E-state index contributed by atoms with van der Waals surface area (Å²) in [6.07, 6.45) is -2.01. The summed E-state index contributed by atoms with van der Waals surface area (Å²) in [5, 5.41) is 24.4. The maximum atomic E-state index is 13.8. The number of hydrogen-bond acceptors (Lipinski definition) is 9. The number of carbonyl (C=O) groups excluding carboxylic acids is 1. The van der Waals surface area contributed by atoms with Crippen LogP contribution >= 0.6 is 0 Å². The van der Waals surface area contributed by atoms with Crippen LogP contribution in [-0.4, -0.2) is 79.9 Å². The molecule has 11 nitrogen and oxygen atoms in total. The van der Waals surface area contributed by atoms with Gasteiger partial charge in [0.05, 0.1) is 36.2 Å². The molecule has 3 N–H and O–H groups in total. The Kier molecular flexibility index (Phi) is 11.4. The topological polar surface area (TPSA) is 144 Å². The highest BCUT2D eigenvalue weighted by atomic mass is 32.2. The smallest absolute Gasteiger partial charge is 0.407 e. The van der Waals surface area contributed by atoms with Crippen molar-refractivity contribution in [1.29, 1.82) is 0 Å². The molecule has 0 bridgehead atoms. The molecular weight excluding hydrogens is 624 g/mol. The summed E-state index contributed by atoms with van der Waals surface area (Å²) in [5.41, 5.74) is 2.25. The van der Waals surface area contributed by atoms with E-state index in [0.29, 0.717) is 30.9 Å². The second kappa shape index (κ2) is 15.5. The number of hydrogen-bond donors (Lipinski definition) is 3. The molecule has 5 atom stereocenters. The molecule has 0 radical (unpaired) electrons. The molecule has 1 amide bonds. The van der Waals surface area contributed by atoms with Crippen LogP contribution in [0.2, 0.25) is 0 Å². The second-order valence-corrected chi connectivity index (χ2v) is 14.5. The number of rotatable bonds is 14. The average molecular weight is 669 g/mol. The third-order valence-corrected chi connectivity index (χ3v) is 10.2. The van der Waals surface area contributed by atoms with Crippen molar-refractivity contribution >= 4 is 16.1 Å². The minimum Gasteiger partial charge on any atom is -0.508 e. The molecule has 2 aliphatic heterocycles. The first-order valence-electron chi connectivity index (χ1n) is 15.9. The number of alkyl carbamates (subject to hydrolysis) is 1. The van der Waals surface area contributed by atoms with Crippen molar-refractivity contribution in [2.75, 3.05) is 26.3 Å². The fourth-order valence-electron chi connectivity index (χ4n) is 5.82. The predicted octanol–water partition coefficient (Wildman–Crippen LogP) is 4.39. The van der Waals surface area contributed by atoms with E-state index in [4.69, 9.17) is 18.9 Å². The van der Waals surface area contributed by atoms with E-state index in [9.17, 15) is 23.4 Å². The summed E-state index contributed by atoms with van der Waals surface area (Å²) in [7, 11) is -4.06. The van der Waals surface area contributed by atoms with E-state index in [-0.39, 0.29) is 48.6 Å². The Morgan fingerprint density at radius 1 is 1.02 bits per heavy atom. The van der Waals surface area contributed by atoms with E-state index in [1.165, 1.54) is 22.5 Å². The molecular formula is C35H44N2O9S. The second-order valence-electron chi connectivity index (χ2n) is 12.6. The number of nitrogens with one attached hydrogen (secondary N) is 1. The van der Waals surface area contributed by atoms with E-state index in [0.717, 1.165) is 11.1 Å². The zero-order valence-electron chi connectivity index (χ0n) is 26.9. The van der Waals surface area contributed by atoms with Gasteiger partial charge in [-0.2, -0.15) is 4.31 Å². The van der Waals surface area contributed by atoms with Crippen molar-refractivity contribution < 1.29 is 42.4 Å². The van der Waals surface area contributed by atoms with E-state index >= 15 is 0 Å². The van der Waals surface area contributed by atoms with Gasteiger partial charge in [-0.05, 0) is 72.7 Å². The van der Waals surface area contributed by atoms with Gasteiger partial charge in [-0.1, -0.05) is 56.3 Å².